The number of hydrogen-bond donors (Lipinski definition) is 0. The van der Waals surface area contributed by atoms with Crippen LogP contribution in [0.5, 0.6) is 0 Å². The molecule has 1 aromatic carbocycles. The predicted octanol–water partition coefficient (Wildman–Crippen LogP) is 4.00. The van der Waals surface area contributed by atoms with E-state index in [0.717, 1.165) is 31.2 Å². The van der Waals surface area contributed by atoms with E-state index in [9.17, 15) is 4.79 Å². The first-order valence-electron chi connectivity index (χ1n) is 6.59. The van der Waals surface area contributed by atoms with Gasteiger partial charge in [-0.1, -0.05) is 43.7 Å². The van der Waals surface area contributed by atoms with E-state index in [1.807, 2.05) is 35.2 Å². The molecule has 0 saturated heterocycles. The maximum Gasteiger partial charge on any atom is 0.209 e. The van der Waals surface area contributed by atoms with Gasteiger partial charge in [0.15, 0.2) is 0 Å². The Morgan fingerprint density at radius 2 is 1.94 bits per heavy atom. The van der Waals surface area contributed by atoms with Crippen molar-refractivity contribution >= 4 is 18.0 Å². The molecule has 0 N–H and O–H groups in total. The number of nitrogens with zero attached hydrogens (tertiary/aromatic N) is 1. The van der Waals surface area contributed by atoms with Crippen molar-refractivity contribution in [2.75, 3.05) is 6.54 Å². The molecule has 0 radical (unpaired) electrons. The van der Waals surface area contributed by atoms with Gasteiger partial charge in [-0.3, -0.25) is 4.79 Å². The third kappa shape index (κ3) is 4.69. The summed E-state index contributed by atoms with van der Waals surface area (Å²) in [6.45, 7) is 4.94. The van der Waals surface area contributed by atoms with Crippen LogP contribution in [-0.4, -0.2) is 23.9 Å². The molecule has 18 heavy (non-hydrogen) atoms. The standard InChI is InChI=1S/C15H22ClNO/c1-3-7-13(2)17(12-18)11-10-15(16)14-8-5-4-6-9-14/h4-6,8-9,12-13,15H,3,7,10-11H2,1-2H3. The fourth-order valence-corrected chi connectivity index (χ4v) is 2.29. The van der Waals surface area contributed by atoms with Gasteiger partial charge >= 0.3 is 0 Å². The van der Waals surface area contributed by atoms with Crippen molar-refractivity contribution < 1.29 is 4.79 Å². The molecule has 0 aliphatic rings. The molecule has 0 heterocycles. The lowest BCUT2D eigenvalue weighted by atomic mass is 10.1. The van der Waals surface area contributed by atoms with E-state index in [-0.39, 0.29) is 5.38 Å². The Balaban J connectivity index is 2.45. The number of carbonyl (C=O) groups excluding carboxylic acids is 1. The summed E-state index contributed by atoms with van der Waals surface area (Å²) in [5.74, 6) is 0. The number of benzene rings is 1. The van der Waals surface area contributed by atoms with Crippen LogP contribution in [0.2, 0.25) is 0 Å². The van der Waals surface area contributed by atoms with Gasteiger partial charge in [0.1, 0.15) is 0 Å². The Morgan fingerprint density at radius 1 is 1.28 bits per heavy atom. The van der Waals surface area contributed by atoms with E-state index in [1.165, 1.54) is 0 Å². The number of halogens is 1. The molecule has 1 aromatic rings. The lowest BCUT2D eigenvalue weighted by Gasteiger charge is -2.25. The molecule has 3 heteroatoms. The normalized spacial score (nSPS) is 13.9. The van der Waals surface area contributed by atoms with Crippen LogP contribution in [0, 0.1) is 0 Å². The average molecular weight is 268 g/mol. The van der Waals surface area contributed by atoms with Crippen LogP contribution < -0.4 is 0 Å². The highest BCUT2D eigenvalue weighted by atomic mass is 35.5. The molecule has 0 spiro atoms. The van der Waals surface area contributed by atoms with Gasteiger partial charge in [-0.15, -0.1) is 11.6 Å². The number of amides is 1. The predicted molar refractivity (Wildman–Crippen MR) is 76.8 cm³/mol. The van der Waals surface area contributed by atoms with Gasteiger partial charge in [0.2, 0.25) is 6.41 Å². The van der Waals surface area contributed by atoms with Crippen LogP contribution in [0.3, 0.4) is 0 Å². The number of alkyl halides is 1. The Labute approximate surface area is 115 Å². The second-order valence-electron chi connectivity index (χ2n) is 4.65. The summed E-state index contributed by atoms with van der Waals surface area (Å²) in [5, 5.41) is -0.0255. The van der Waals surface area contributed by atoms with Crippen LogP contribution in [0.1, 0.15) is 44.1 Å². The first kappa shape index (κ1) is 15.0. The molecule has 1 amide bonds. The molecular weight excluding hydrogens is 246 g/mol. The minimum absolute atomic E-state index is 0.0255. The second kappa shape index (κ2) is 8.15. The van der Waals surface area contributed by atoms with Crippen LogP contribution >= 0.6 is 11.6 Å². The van der Waals surface area contributed by atoms with Crippen LogP contribution in [0.25, 0.3) is 0 Å². The van der Waals surface area contributed by atoms with Gasteiger partial charge in [-0.25, -0.2) is 0 Å². The monoisotopic (exact) mass is 267 g/mol. The molecular formula is C15H22ClNO. The van der Waals surface area contributed by atoms with E-state index >= 15 is 0 Å². The molecule has 2 nitrogen and oxygen atoms in total. The van der Waals surface area contributed by atoms with Crippen molar-refractivity contribution in [2.24, 2.45) is 0 Å². The molecule has 0 aromatic heterocycles. The van der Waals surface area contributed by atoms with E-state index in [4.69, 9.17) is 11.6 Å². The van der Waals surface area contributed by atoms with Gasteiger partial charge in [0.05, 0.1) is 5.38 Å². The number of rotatable bonds is 8. The second-order valence-corrected chi connectivity index (χ2v) is 5.17. The summed E-state index contributed by atoms with van der Waals surface area (Å²) < 4.78 is 0. The van der Waals surface area contributed by atoms with E-state index in [2.05, 4.69) is 13.8 Å². The molecule has 2 unspecified atom stereocenters. The average Bonchev–Trinajstić information content (AvgIpc) is 2.40. The van der Waals surface area contributed by atoms with Crippen molar-refractivity contribution in [3.8, 4) is 0 Å². The van der Waals surface area contributed by atoms with Gasteiger partial charge in [-0.2, -0.15) is 0 Å². The van der Waals surface area contributed by atoms with Crippen molar-refractivity contribution in [2.45, 2.75) is 44.5 Å². The summed E-state index contributed by atoms with van der Waals surface area (Å²) in [6, 6.07) is 10.3. The maximum absolute atomic E-state index is 11.1. The Hall–Kier alpha value is -1.02. The van der Waals surface area contributed by atoms with E-state index < -0.39 is 0 Å². The lowest BCUT2D eigenvalue weighted by molar-refractivity contribution is -0.120. The van der Waals surface area contributed by atoms with Crippen LogP contribution in [-0.2, 0) is 4.79 Å². The zero-order valence-corrected chi connectivity index (χ0v) is 11.9. The van der Waals surface area contributed by atoms with E-state index in [1.54, 1.807) is 0 Å². The summed E-state index contributed by atoms with van der Waals surface area (Å²) in [5.41, 5.74) is 1.12. The molecule has 100 valence electrons. The third-order valence-electron chi connectivity index (χ3n) is 3.21. The van der Waals surface area contributed by atoms with Gasteiger partial charge in [0.25, 0.3) is 0 Å². The minimum Gasteiger partial charge on any atom is -0.342 e. The van der Waals surface area contributed by atoms with Gasteiger partial charge < -0.3 is 4.90 Å². The van der Waals surface area contributed by atoms with Crippen LogP contribution in [0.15, 0.2) is 30.3 Å². The lowest BCUT2D eigenvalue weighted by Crippen LogP contribution is -2.33. The zero-order chi connectivity index (χ0) is 13.4. The fourth-order valence-electron chi connectivity index (χ4n) is 2.05. The van der Waals surface area contributed by atoms with Crippen molar-refractivity contribution in [1.29, 1.82) is 0 Å². The highest BCUT2D eigenvalue weighted by Crippen LogP contribution is 2.24. The number of hydrogen-bond acceptors (Lipinski definition) is 1. The first-order valence-corrected chi connectivity index (χ1v) is 7.02. The highest BCUT2D eigenvalue weighted by molar-refractivity contribution is 6.20. The Bertz CT molecular complexity index is 342. The molecule has 0 aliphatic carbocycles. The quantitative estimate of drug-likeness (QED) is 0.515. The Kier molecular flexibility index (Phi) is 6.81. The summed E-state index contributed by atoms with van der Waals surface area (Å²) in [4.78, 5) is 12.9. The molecule has 0 aliphatic heterocycles. The molecule has 2 atom stereocenters. The smallest absolute Gasteiger partial charge is 0.209 e. The topological polar surface area (TPSA) is 20.3 Å². The third-order valence-corrected chi connectivity index (χ3v) is 3.68. The van der Waals surface area contributed by atoms with Crippen molar-refractivity contribution in [1.82, 2.24) is 4.90 Å². The maximum atomic E-state index is 11.1. The van der Waals surface area contributed by atoms with Crippen molar-refractivity contribution in [3.05, 3.63) is 35.9 Å². The first-order chi connectivity index (χ1) is 8.69. The highest BCUT2D eigenvalue weighted by Gasteiger charge is 2.13. The Morgan fingerprint density at radius 3 is 2.50 bits per heavy atom. The summed E-state index contributed by atoms with van der Waals surface area (Å²) in [7, 11) is 0. The van der Waals surface area contributed by atoms with Gasteiger partial charge in [-0.05, 0) is 25.3 Å². The zero-order valence-electron chi connectivity index (χ0n) is 11.2. The summed E-state index contributed by atoms with van der Waals surface area (Å²) in [6.07, 6.45) is 3.86. The molecule has 0 bridgehead atoms. The summed E-state index contributed by atoms with van der Waals surface area (Å²) >= 11 is 6.35. The molecule has 0 saturated carbocycles. The molecule has 1 rings (SSSR count). The largest absolute Gasteiger partial charge is 0.342 e. The fraction of sp³-hybridized carbons (Fsp3) is 0.533. The number of carbonyl (C=O) groups is 1. The van der Waals surface area contributed by atoms with Crippen LogP contribution in [0.4, 0.5) is 0 Å². The SMILES string of the molecule is CCCC(C)N(C=O)CCC(Cl)c1ccccc1. The minimum atomic E-state index is -0.0255. The van der Waals surface area contributed by atoms with Crippen molar-refractivity contribution in [3.63, 3.8) is 0 Å². The van der Waals surface area contributed by atoms with Gasteiger partial charge in [0, 0.05) is 12.6 Å². The van der Waals surface area contributed by atoms with E-state index in [0.29, 0.717) is 12.6 Å². The molecule has 0 fully saturated rings.